The van der Waals surface area contributed by atoms with Gasteiger partial charge in [-0.15, -0.1) is 0 Å². The van der Waals surface area contributed by atoms with E-state index in [1.54, 1.807) is 0 Å². The summed E-state index contributed by atoms with van der Waals surface area (Å²) in [5.41, 5.74) is -0.179. The number of esters is 1. The van der Waals surface area contributed by atoms with Crippen molar-refractivity contribution in [1.82, 2.24) is 0 Å². The zero-order chi connectivity index (χ0) is 12.0. The van der Waals surface area contributed by atoms with Crippen LogP contribution in [0.1, 0.15) is 26.7 Å². The van der Waals surface area contributed by atoms with E-state index in [1.165, 1.54) is 0 Å². The number of fused-ring (bicyclic) bond motifs is 2. The molecule has 3 aliphatic rings. The summed E-state index contributed by atoms with van der Waals surface area (Å²) in [5, 5.41) is 0. The van der Waals surface area contributed by atoms with Crippen LogP contribution in [0.2, 0.25) is 0 Å². The molecule has 94 valence electrons. The van der Waals surface area contributed by atoms with E-state index < -0.39 is 0 Å². The van der Waals surface area contributed by atoms with E-state index in [-0.39, 0.29) is 17.5 Å². The second-order valence-corrected chi connectivity index (χ2v) is 5.91. The molecular formula is C14H20O3. The fourth-order valence-corrected chi connectivity index (χ4v) is 3.61. The molecule has 1 saturated carbocycles. The lowest BCUT2D eigenvalue weighted by molar-refractivity contribution is -0.154. The van der Waals surface area contributed by atoms with Crippen molar-refractivity contribution in [3.8, 4) is 0 Å². The average Bonchev–Trinajstić information content (AvgIpc) is 3.05. The summed E-state index contributed by atoms with van der Waals surface area (Å²) < 4.78 is 10.9. The largest absolute Gasteiger partial charge is 0.461 e. The third kappa shape index (κ3) is 1.71. The molecule has 1 spiro atoms. The van der Waals surface area contributed by atoms with Crippen LogP contribution < -0.4 is 0 Å². The lowest BCUT2D eigenvalue weighted by Crippen LogP contribution is -2.45. The highest BCUT2D eigenvalue weighted by Crippen LogP contribution is 2.53. The normalized spacial score (nSPS) is 44.4. The SMILES string of the molecule is CC(C)[C@H]1CC[C@@]2(CO2)[C@H]2C(=O)OCC=C[C@H]12. The van der Waals surface area contributed by atoms with Gasteiger partial charge in [-0.2, -0.15) is 0 Å². The maximum Gasteiger partial charge on any atom is 0.312 e. The van der Waals surface area contributed by atoms with Crippen molar-refractivity contribution in [2.75, 3.05) is 13.2 Å². The van der Waals surface area contributed by atoms with Crippen molar-refractivity contribution in [3.05, 3.63) is 12.2 Å². The van der Waals surface area contributed by atoms with Crippen molar-refractivity contribution >= 4 is 5.97 Å². The monoisotopic (exact) mass is 236 g/mol. The first-order valence-corrected chi connectivity index (χ1v) is 6.61. The van der Waals surface area contributed by atoms with Gasteiger partial charge in [0.15, 0.2) is 0 Å². The van der Waals surface area contributed by atoms with Gasteiger partial charge in [-0.3, -0.25) is 4.79 Å². The third-order valence-corrected chi connectivity index (χ3v) is 4.65. The molecule has 1 saturated heterocycles. The summed E-state index contributed by atoms with van der Waals surface area (Å²) in [4.78, 5) is 12.1. The Bertz CT molecular complexity index is 354. The van der Waals surface area contributed by atoms with Crippen molar-refractivity contribution in [2.24, 2.45) is 23.7 Å². The molecule has 2 fully saturated rings. The van der Waals surface area contributed by atoms with Gasteiger partial charge in [-0.25, -0.2) is 0 Å². The highest BCUT2D eigenvalue weighted by atomic mass is 16.6. The minimum Gasteiger partial charge on any atom is -0.461 e. The van der Waals surface area contributed by atoms with Gasteiger partial charge in [0, 0.05) is 0 Å². The third-order valence-electron chi connectivity index (χ3n) is 4.65. The first kappa shape index (κ1) is 11.3. The van der Waals surface area contributed by atoms with Gasteiger partial charge in [0.1, 0.15) is 12.2 Å². The van der Waals surface area contributed by atoms with E-state index in [0.717, 1.165) is 19.4 Å². The number of cyclic esters (lactones) is 1. The smallest absolute Gasteiger partial charge is 0.312 e. The van der Waals surface area contributed by atoms with Crippen LogP contribution in [0.25, 0.3) is 0 Å². The number of hydrogen-bond donors (Lipinski definition) is 0. The van der Waals surface area contributed by atoms with Crippen molar-refractivity contribution < 1.29 is 14.3 Å². The quantitative estimate of drug-likeness (QED) is 0.398. The molecule has 3 heteroatoms. The highest BCUT2D eigenvalue weighted by molar-refractivity contribution is 5.76. The summed E-state index contributed by atoms with van der Waals surface area (Å²) in [5.74, 6) is 1.37. The molecule has 1 aliphatic carbocycles. The summed E-state index contributed by atoms with van der Waals surface area (Å²) in [6.07, 6.45) is 6.37. The molecule has 0 aromatic heterocycles. The number of rotatable bonds is 1. The Kier molecular flexibility index (Phi) is 2.54. The van der Waals surface area contributed by atoms with Crippen LogP contribution in [0, 0.1) is 23.7 Å². The molecule has 4 atom stereocenters. The van der Waals surface area contributed by atoms with E-state index >= 15 is 0 Å². The lowest BCUT2D eigenvalue weighted by atomic mass is 9.63. The number of carbonyl (C=O) groups is 1. The van der Waals surface area contributed by atoms with Crippen LogP contribution in [0.3, 0.4) is 0 Å². The van der Waals surface area contributed by atoms with Crippen LogP contribution in [-0.2, 0) is 14.3 Å². The summed E-state index contributed by atoms with van der Waals surface area (Å²) >= 11 is 0. The first-order chi connectivity index (χ1) is 8.14. The Morgan fingerprint density at radius 1 is 1.47 bits per heavy atom. The Balaban J connectivity index is 1.94. The molecule has 2 heterocycles. The van der Waals surface area contributed by atoms with Gasteiger partial charge >= 0.3 is 5.97 Å². The van der Waals surface area contributed by atoms with Crippen molar-refractivity contribution in [1.29, 1.82) is 0 Å². The van der Waals surface area contributed by atoms with E-state index in [4.69, 9.17) is 9.47 Å². The number of carbonyl (C=O) groups excluding carboxylic acids is 1. The molecule has 3 rings (SSSR count). The molecule has 0 unspecified atom stereocenters. The van der Waals surface area contributed by atoms with Crippen LogP contribution in [0.5, 0.6) is 0 Å². The molecule has 0 aromatic rings. The molecule has 0 amide bonds. The van der Waals surface area contributed by atoms with Crippen LogP contribution >= 0.6 is 0 Å². The predicted molar refractivity (Wildman–Crippen MR) is 63.3 cm³/mol. The Morgan fingerprint density at radius 2 is 2.24 bits per heavy atom. The average molecular weight is 236 g/mol. The molecular weight excluding hydrogens is 216 g/mol. The second kappa shape index (κ2) is 3.84. The van der Waals surface area contributed by atoms with Gasteiger partial charge in [0.05, 0.1) is 12.5 Å². The van der Waals surface area contributed by atoms with Crippen LogP contribution in [0.4, 0.5) is 0 Å². The number of hydrogen-bond acceptors (Lipinski definition) is 3. The van der Waals surface area contributed by atoms with Crippen molar-refractivity contribution in [2.45, 2.75) is 32.3 Å². The van der Waals surface area contributed by atoms with E-state index in [2.05, 4.69) is 19.9 Å². The fraction of sp³-hybridized carbons (Fsp3) is 0.786. The Hall–Kier alpha value is -0.830. The summed E-state index contributed by atoms with van der Waals surface area (Å²) in [6.45, 7) is 5.66. The maximum absolute atomic E-state index is 12.1. The molecule has 2 aliphatic heterocycles. The standard InChI is InChI=1S/C14H20O3/c1-9(2)10-5-6-14(8-17-14)12-11(10)4-3-7-16-13(12)15/h3-4,9-12H,5-8H2,1-2H3/t10-,11-,12-,14-/m1/s1. The number of ether oxygens (including phenoxy) is 2. The molecule has 17 heavy (non-hydrogen) atoms. The van der Waals surface area contributed by atoms with Gasteiger partial charge < -0.3 is 9.47 Å². The summed E-state index contributed by atoms with van der Waals surface area (Å²) in [7, 11) is 0. The zero-order valence-corrected chi connectivity index (χ0v) is 10.5. The van der Waals surface area contributed by atoms with Gasteiger partial charge in [-0.1, -0.05) is 26.0 Å². The minimum absolute atomic E-state index is 0.0529. The number of allylic oxidation sites excluding steroid dienone is 1. The maximum atomic E-state index is 12.1. The highest BCUT2D eigenvalue weighted by Gasteiger charge is 2.61. The topological polar surface area (TPSA) is 38.8 Å². The molecule has 0 aromatic carbocycles. The Morgan fingerprint density at radius 3 is 2.88 bits per heavy atom. The van der Waals surface area contributed by atoms with Crippen LogP contribution in [0.15, 0.2) is 12.2 Å². The number of epoxide rings is 1. The molecule has 3 nitrogen and oxygen atoms in total. The molecule has 0 radical (unpaired) electrons. The fourth-order valence-electron chi connectivity index (χ4n) is 3.61. The zero-order valence-electron chi connectivity index (χ0n) is 10.5. The molecule has 0 bridgehead atoms. The lowest BCUT2D eigenvalue weighted by Gasteiger charge is -2.40. The first-order valence-electron chi connectivity index (χ1n) is 6.61. The minimum atomic E-state index is -0.179. The molecule has 0 N–H and O–H groups in total. The van der Waals surface area contributed by atoms with Crippen LogP contribution in [-0.4, -0.2) is 24.8 Å². The predicted octanol–water partition coefficient (Wildman–Crippen LogP) is 2.17. The second-order valence-electron chi connectivity index (χ2n) is 5.91. The van der Waals surface area contributed by atoms with Crippen molar-refractivity contribution in [3.63, 3.8) is 0 Å². The van der Waals surface area contributed by atoms with Gasteiger partial charge in [0.2, 0.25) is 0 Å². The summed E-state index contributed by atoms with van der Waals surface area (Å²) in [6, 6.07) is 0. The van der Waals surface area contributed by atoms with Gasteiger partial charge in [0.25, 0.3) is 0 Å². The van der Waals surface area contributed by atoms with E-state index in [1.807, 2.05) is 6.08 Å². The Labute approximate surface area is 102 Å². The van der Waals surface area contributed by atoms with E-state index in [9.17, 15) is 4.79 Å². The van der Waals surface area contributed by atoms with Gasteiger partial charge in [-0.05, 0) is 30.6 Å². The van der Waals surface area contributed by atoms with E-state index in [0.29, 0.717) is 24.4 Å².